The lowest BCUT2D eigenvalue weighted by atomic mass is 9.96. The van der Waals surface area contributed by atoms with Crippen molar-refractivity contribution in [2.75, 3.05) is 11.5 Å². The van der Waals surface area contributed by atoms with Gasteiger partial charge in [-0.05, 0) is 36.8 Å². The van der Waals surface area contributed by atoms with Crippen LogP contribution in [0.5, 0.6) is 0 Å². The summed E-state index contributed by atoms with van der Waals surface area (Å²) in [6.07, 6.45) is 1.40. The van der Waals surface area contributed by atoms with E-state index in [9.17, 15) is 22.8 Å². The summed E-state index contributed by atoms with van der Waals surface area (Å²) >= 11 is 0. The third-order valence-corrected chi connectivity index (χ3v) is 6.89. The SMILES string of the molecule is O=C(ON1C(=O)c2ccccc2C1=O)C1CC12CCS(=O)(=O)CC2. The van der Waals surface area contributed by atoms with Crippen molar-refractivity contribution < 1.29 is 27.6 Å². The van der Waals surface area contributed by atoms with E-state index in [1.54, 1.807) is 12.1 Å². The Hall–Kier alpha value is -2.22. The molecule has 126 valence electrons. The molecule has 7 nitrogen and oxygen atoms in total. The van der Waals surface area contributed by atoms with E-state index in [0.717, 1.165) is 0 Å². The van der Waals surface area contributed by atoms with Crippen LogP contribution in [0.4, 0.5) is 0 Å². The van der Waals surface area contributed by atoms with Crippen molar-refractivity contribution in [3.05, 3.63) is 35.4 Å². The minimum atomic E-state index is -3.01. The number of imide groups is 1. The summed E-state index contributed by atoms with van der Waals surface area (Å²) in [6.45, 7) is 0. The Labute approximate surface area is 138 Å². The highest BCUT2D eigenvalue weighted by Crippen LogP contribution is 2.60. The number of fused-ring (bicyclic) bond motifs is 1. The van der Waals surface area contributed by atoms with Gasteiger partial charge in [-0.3, -0.25) is 9.59 Å². The zero-order chi connectivity index (χ0) is 17.1. The predicted octanol–water partition coefficient (Wildman–Crippen LogP) is 0.956. The van der Waals surface area contributed by atoms with Crippen LogP contribution in [0.15, 0.2) is 24.3 Å². The fraction of sp³-hybridized carbons (Fsp3) is 0.438. The van der Waals surface area contributed by atoms with Gasteiger partial charge in [0.25, 0.3) is 11.8 Å². The summed E-state index contributed by atoms with van der Waals surface area (Å²) in [5.41, 5.74) is 0.0790. The second kappa shape index (κ2) is 4.89. The van der Waals surface area contributed by atoms with Gasteiger partial charge in [-0.1, -0.05) is 17.2 Å². The highest BCUT2D eigenvalue weighted by molar-refractivity contribution is 7.91. The molecular weight excluding hydrogens is 334 g/mol. The molecule has 1 unspecified atom stereocenters. The summed E-state index contributed by atoms with van der Waals surface area (Å²) in [5.74, 6) is -2.23. The van der Waals surface area contributed by atoms with Gasteiger partial charge in [-0.15, -0.1) is 0 Å². The Morgan fingerprint density at radius 2 is 1.62 bits per heavy atom. The zero-order valence-electron chi connectivity index (χ0n) is 12.7. The first-order chi connectivity index (χ1) is 11.3. The lowest BCUT2D eigenvalue weighted by Crippen LogP contribution is -2.34. The molecule has 0 radical (unpaired) electrons. The molecule has 2 fully saturated rings. The maximum Gasteiger partial charge on any atom is 0.336 e. The highest BCUT2D eigenvalue weighted by Gasteiger charge is 2.61. The topological polar surface area (TPSA) is 97.8 Å². The van der Waals surface area contributed by atoms with E-state index in [0.29, 0.717) is 24.3 Å². The third kappa shape index (κ3) is 2.24. The molecule has 1 saturated carbocycles. The molecule has 1 aromatic carbocycles. The van der Waals surface area contributed by atoms with Crippen LogP contribution in [0, 0.1) is 11.3 Å². The average Bonchev–Trinajstić information content (AvgIpc) is 3.23. The zero-order valence-corrected chi connectivity index (χ0v) is 13.5. The maximum absolute atomic E-state index is 12.3. The second-order valence-electron chi connectivity index (χ2n) is 6.63. The molecule has 24 heavy (non-hydrogen) atoms. The minimum absolute atomic E-state index is 0.0732. The lowest BCUT2D eigenvalue weighted by Gasteiger charge is -2.22. The van der Waals surface area contributed by atoms with E-state index in [-0.39, 0.29) is 28.0 Å². The van der Waals surface area contributed by atoms with Gasteiger partial charge in [0.15, 0.2) is 0 Å². The van der Waals surface area contributed by atoms with Gasteiger partial charge in [-0.25, -0.2) is 13.2 Å². The average molecular weight is 349 g/mol. The molecule has 4 rings (SSSR count). The predicted molar refractivity (Wildman–Crippen MR) is 81.5 cm³/mol. The second-order valence-corrected chi connectivity index (χ2v) is 8.94. The summed E-state index contributed by atoms with van der Waals surface area (Å²) in [7, 11) is -3.01. The molecular formula is C16H15NO6S. The largest absolute Gasteiger partial charge is 0.336 e. The first-order valence-electron chi connectivity index (χ1n) is 7.73. The Balaban J connectivity index is 1.46. The molecule has 0 N–H and O–H groups in total. The van der Waals surface area contributed by atoms with Crippen LogP contribution in [0.3, 0.4) is 0 Å². The van der Waals surface area contributed by atoms with Gasteiger partial charge in [0.2, 0.25) is 0 Å². The number of carbonyl (C=O) groups excluding carboxylic acids is 3. The van der Waals surface area contributed by atoms with Crippen molar-refractivity contribution in [3.63, 3.8) is 0 Å². The standard InChI is InChI=1S/C16H15NO6S/c18-13-10-3-1-2-4-11(10)14(19)17(13)23-15(20)12-9-16(12)5-7-24(21,22)8-6-16/h1-4,12H,5-9H2. The van der Waals surface area contributed by atoms with Crippen LogP contribution in [0.25, 0.3) is 0 Å². The van der Waals surface area contributed by atoms with Crippen LogP contribution in [0.2, 0.25) is 0 Å². The van der Waals surface area contributed by atoms with Gasteiger partial charge in [0, 0.05) is 0 Å². The molecule has 1 aromatic rings. The van der Waals surface area contributed by atoms with Gasteiger partial charge in [0.1, 0.15) is 9.84 Å². The fourth-order valence-electron chi connectivity index (χ4n) is 3.58. The number of amides is 2. The first-order valence-corrected chi connectivity index (χ1v) is 9.55. The van der Waals surface area contributed by atoms with Crippen LogP contribution in [0.1, 0.15) is 40.0 Å². The molecule has 8 heteroatoms. The van der Waals surface area contributed by atoms with Crippen molar-refractivity contribution in [3.8, 4) is 0 Å². The Bertz CT molecular complexity index is 825. The van der Waals surface area contributed by atoms with Gasteiger partial charge in [0.05, 0.1) is 28.6 Å². The molecule has 1 saturated heterocycles. The monoisotopic (exact) mass is 349 g/mol. The van der Waals surface area contributed by atoms with Crippen molar-refractivity contribution in [1.82, 2.24) is 5.06 Å². The number of nitrogens with zero attached hydrogens (tertiary/aromatic N) is 1. The number of sulfone groups is 1. The number of benzene rings is 1. The number of rotatable bonds is 2. The number of hydrogen-bond acceptors (Lipinski definition) is 6. The van der Waals surface area contributed by atoms with Gasteiger partial charge < -0.3 is 4.84 Å². The lowest BCUT2D eigenvalue weighted by molar-refractivity contribution is -0.171. The van der Waals surface area contributed by atoms with Crippen LogP contribution < -0.4 is 0 Å². The summed E-state index contributed by atoms with van der Waals surface area (Å²) in [6, 6.07) is 6.28. The number of hydrogen-bond donors (Lipinski definition) is 0. The Morgan fingerprint density at radius 3 is 2.17 bits per heavy atom. The van der Waals surface area contributed by atoms with Crippen LogP contribution in [-0.4, -0.2) is 42.8 Å². The van der Waals surface area contributed by atoms with Crippen LogP contribution >= 0.6 is 0 Å². The molecule has 2 amide bonds. The molecule has 0 bridgehead atoms. The summed E-state index contributed by atoms with van der Waals surface area (Å²) < 4.78 is 23.0. The summed E-state index contributed by atoms with van der Waals surface area (Å²) in [4.78, 5) is 41.8. The summed E-state index contributed by atoms with van der Waals surface area (Å²) in [5, 5.41) is 0.512. The molecule has 2 heterocycles. The van der Waals surface area contributed by atoms with E-state index in [2.05, 4.69) is 0 Å². The van der Waals surface area contributed by atoms with E-state index < -0.39 is 33.5 Å². The highest BCUT2D eigenvalue weighted by atomic mass is 32.2. The van der Waals surface area contributed by atoms with E-state index in [1.165, 1.54) is 12.1 Å². The minimum Gasteiger partial charge on any atom is -0.329 e. The van der Waals surface area contributed by atoms with E-state index in [1.807, 2.05) is 0 Å². The number of carbonyl (C=O) groups is 3. The molecule has 1 spiro atoms. The van der Waals surface area contributed by atoms with E-state index >= 15 is 0 Å². The molecule has 3 aliphatic rings. The fourth-order valence-corrected chi connectivity index (χ4v) is 5.22. The van der Waals surface area contributed by atoms with Crippen LogP contribution in [-0.2, 0) is 19.5 Å². The molecule has 1 aliphatic carbocycles. The normalized spacial score (nSPS) is 26.3. The third-order valence-electron chi connectivity index (χ3n) is 5.23. The van der Waals surface area contributed by atoms with Crippen molar-refractivity contribution in [2.24, 2.45) is 11.3 Å². The smallest absolute Gasteiger partial charge is 0.329 e. The van der Waals surface area contributed by atoms with Gasteiger partial charge in [-0.2, -0.15) is 0 Å². The first kappa shape index (κ1) is 15.3. The Kier molecular flexibility index (Phi) is 3.12. The van der Waals surface area contributed by atoms with Gasteiger partial charge >= 0.3 is 5.97 Å². The van der Waals surface area contributed by atoms with E-state index in [4.69, 9.17) is 4.84 Å². The molecule has 2 aliphatic heterocycles. The van der Waals surface area contributed by atoms with Crippen molar-refractivity contribution in [1.29, 1.82) is 0 Å². The van der Waals surface area contributed by atoms with Crippen molar-refractivity contribution in [2.45, 2.75) is 19.3 Å². The maximum atomic E-state index is 12.3. The van der Waals surface area contributed by atoms with Crippen molar-refractivity contribution >= 4 is 27.6 Å². The number of hydroxylamine groups is 2. The molecule has 1 atom stereocenters. The Morgan fingerprint density at radius 1 is 1.08 bits per heavy atom. The molecule has 0 aromatic heterocycles. The quantitative estimate of drug-likeness (QED) is 0.738.